The Morgan fingerprint density at radius 1 is 1.19 bits per heavy atom. The molecule has 0 amide bonds. The molecule has 1 aliphatic rings. The van der Waals surface area contributed by atoms with Gasteiger partial charge in [0.15, 0.2) is 0 Å². The zero-order valence-corrected chi connectivity index (χ0v) is 18.4. The summed E-state index contributed by atoms with van der Waals surface area (Å²) in [7, 11) is -3.24. The highest BCUT2D eigenvalue weighted by Crippen LogP contribution is 2.35. The molecule has 1 fully saturated rings. The van der Waals surface area contributed by atoms with Gasteiger partial charge in [0.05, 0.1) is 10.9 Å². The number of fused-ring (bicyclic) bond motifs is 2. The van der Waals surface area contributed by atoms with Crippen LogP contribution in [0, 0.1) is 0 Å². The number of nitrogen functional groups attached to an aromatic ring is 1. The summed E-state index contributed by atoms with van der Waals surface area (Å²) in [4.78, 5) is 12.7. The molecule has 0 spiro atoms. The highest BCUT2D eigenvalue weighted by atomic mass is 32.2. The number of H-pyrrole nitrogens is 1. The fourth-order valence-corrected chi connectivity index (χ4v) is 5.75. The van der Waals surface area contributed by atoms with Crippen LogP contribution < -0.4 is 5.73 Å². The van der Waals surface area contributed by atoms with Gasteiger partial charge in [0, 0.05) is 42.3 Å². The number of hydrogen-bond donors (Lipinski definition) is 2. The largest absolute Gasteiger partial charge is 0.382 e. The van der Waals surface area contributed by atoms with E-state index in [9.17, 15) is 8.42 Å². The first-order valence-corrected chi connectivity index (χ1v) is 12.1. The zero-order chi connectivity index (χ0) is 21.8. The predicted octanol–water partition coefficient (Wildman–Crippen LogP) is 3.38. The zero-order valence-electron chi connectivity index (χ0n) is 17.6. The lowest BCUT2D eigenvalue weighted by Crippen LogP contribution is -2.41. The number of aromatic nitrogens is 4. The van der Waals surface area contributed by atoms with Gasteiger partial charge in [0.2, 0.25) is 10.0 Å². The molecule has 0 atom stereocenters. The van der Waals surface area contributed by atoms with Gasteiger partial charge in [-0.3, -0.25) is 4.40 Å². The highest BCUT2D eigenvalue weighted by Gasteiger charge is 2.33. The van der Waals surface area contributed by atoms with Crippen LogP contribution in [0.3, 0.4) is 0 Å². The maximum Gasteiger partial charge on any atom is 0.216 e. The third kappa shape index (κ3) is 3.28. The minimum atomic E-state index is -3.24. The van der Waals surface area contributed by atoms with Gasteiger partial charge in [0.1, 0.15) is 22.9 Å². The van der Waals surface area contributed by atoms with Gasteiger partial charge in [-0.25, -0.2) is 22.7 Å². The van der Waals surface area contributed by atoms with Crippen molar-refractivity contribution in [3.05, 3.63) is 48.5 Å². The summed E-state index contributed by atoms with van der Waals surface area (Å²) < 4.78 is 28.7. The van der Waals surface area contributed by atoms with Crippen LogP contribution in [0.5, 0.6) is 0 Å². The first-order valence-electron chi connectivity index (χ1n) is 10.6. The molecule has 8 nitrogen and oxygen atoms in total. The fourth-order valence-electron chi connectivity index (χ4n) is 4.43. The molecule has 0 aliphatic carbocycles. The van der Waals surface area contributed by atoms with Crippen LogP contribution in [-0.4, -0.2) is 50.4 Å². The molecule has 5 rings (SSSR count). The molecule has 4 aromatic rings. The van der Waals surface area contributed by atoms with E-state index >= 15 is 0 Å². The normalized spacial score (nSPS) is 16.6. The maximum absolute atomic E-state index is 12.5. The lowest BCUT2D eigenvalue weighted by Gasteiger charge is -2.31. The SMILES string of the molecule is CC(C)S(=O)(=O)N1CCC(c2nc(-c3cc4ccccc4[nH]3)c3c(N)nccn23)CC1. The Bertz CT molecular complexity index is 1330. The van der Waals surface area contributed by atoms with Crippen LogP contribution in [0.25, 0.3) is 27.8 Å². The van der Waals surface area contributed by atoms with Crippen LogP contribution in [0.15, 0.2) is 42.7 Å². The molecule has 3 N–H and O–H groups in total. The van der Waals surface area contributed by atoms with Crippen molar-refractivity contribution >= 4 is 32.3 Å². The molecule has 9 heteroatoms. The molecule has 3 aromatic heterocycles. The van der Waals surface area contributed by atoms with Gasteiger partial charge in [-0.2, -0.15) is 0 Å². The summed E-state index contributed by atoms with van der Waals surface area (Å²) in [5, 5.41) is 0.700. The molecule has 0 saturated carbocycles. The summed E-state index contributed by atoms with van der Waals surface area (Å²) in [5.41, 5.74) is 9.75. The van der Waals surface area contributed by atoms with Crippen LogP contribution in [-0.2, 0) is 10.0 Å². The number of nitrogens with one attached hydrogen (secondary N) is 1. The fraction of sp³-hybridized carbons (Fsp3) is 0.364. The van der Waals surface area contributed by atoms with Gasteiger partial charge in [0.25, 0.3) is 0 Å². The topological polar surface area (TPSA) is 109 Å². The van der Waals surface area contributed by atoms with Crippen LogP contribution >= 0.6 is 0 Å². The van der Waals surface area contributed by atoms with Gasteiger partial charge >= 0.3 is 0 Å². The highest BCUT2D eigenvalue weighted by molar-refractivity contribution is 7.89. The van der Waals surface area contributed by atoms with E-state index in [1.165, 1.54) is 0 Å². The summed E-state index contributed by atoms with van der Waals surface area (Å²) in [5.74, 6) is 1.47. The lowest BCUT2D eigenvalue weighted by molar-refractivity contribution is 0.311. The minimum absolute atomic E-state index is 0.144. The van der Waals surface area contributed by atoms with Crippen molar-refractivity contribution in [3.63, 3.8) is 0 Å². The van der Waals surface area contributed by atoms with Crippen molar-refractivity contribution < 1.29 is 8.42 Å². The van der Waals surface area contributed by atoms with Gasteiger partial charge in [-0.05, 0) is 38.8 Å². The van der Waals surface area contributed by atoms with E-state index in [1.807, 2.05) is 28.8 Å². The molecule has 1 aromatic carbocycles. The van der Waals surface area contributed by atoms with Crippen LogP contribution in [0.1, 0.15) is 38.4 Å². The van der Waals surface area contributed by atoms with Crippen molar-refractivity contribution in [3.8, 4) is 11.4 Å². The number of nitrogens with two attached hydrogens (primary N) is 1. The van der Waals surface area contributed by atoms with Crippen LogP contribution in [0.2, 0.25) is 0 Å². The molecule has 162 valence electrons. The Morgan fingerprint density at radius 2 is 1.94 bits per heavy atom. The van der Waals surface area contributed by atoms with E-state index in [-0.39, 0.29) is 5.92 Å². The molecule has 0 radical (unpaired) electrons. The molecular formula is C22H26N6O2S. The number of imidazole rings is 1. The molecule has 31 heavy (non-hydrogen) atoms. The monoisotopic (exact) mass is 438 g/mol. The Labute approximate surface area is 181 Å². The van der Waals surface area contributed by atoms with E-state index in [0.29, 0.717) is 18.9 Å². The average molecular weight is 439 g/mol. The number of aromatic amines is 1. The van der Waals surface area contributed by atoms with Crippen molar-refractivity contribution in [2.45, 2.75) is 37.9 Å². The van der Waals surface area contributed by atoms with Gasteiger partial charge < -0.3 is 10.7 Å². The van der Waals surface area contributed by atoms with Crippen molar-refractivity contribution in [1.82, 2.24) is 23.7 Å². The maximum atomic E-state index is 12.5. The molecule has 4 heterocycles. The second-order valence-corrected chi connectivity index (χ2v) is 10.9. The molecule has 0 bridgehead atoms. The van der Waals surface area contributed by atoms with E-state index in [0.717, 1.165) is 46.5 Å². The summed E-state index contributed by atoms with van der Waals surface area (Å²) in [6.07, 6.45) is 5.01. The Kier molecular flexibility index (Phi) is 4.75. The average Bonchev–Trinajstić information content (AvgIpc) is 3.36. The number of rotatable bonds is 4. The molecular weight excluding hydrogens is 412 g/mol. The smallest absolute Gasteiger partial charge is 0.216 e. The Morgan fingerprint density at radius 3 is 2.65 bits per heavy atom. The first-order chi connectivity index (χ1) is 14.9. The van der Waals surface area contributed by atoms with Crippen molar-refractivity contribution in [2.24, 2.45) is 0 Å². The van der Waals surface area contributed by atoms with Crippen molar-refractivity contribution in [2.75, 3.05) is 18.8 Å². The number of anilines is 1. The first kappa shape index (κ1) is 20.0. The third-order valence-electron chi connectivity index (χ3n) is 6.17. The number of piperidine rings is 1. The van der Waals surface area contributed by atoms with Crippen LogP contribution in [0.4, 0.5) is 5.82 Å². The number of benzene rings is 1. The second-order valence-electron chi connectivity index (χ2n) is 8.39. The third-order valence-corrected chi connectivity index (χ3v) is 8.45. The molecule has 0 unspecified atom stereocenters. The molecule has 1 saturated heterocycles. The van der Waals surface area contributed by atoms with E-state index < -0.39 is 15.3 Å². The Hall–Kier alpha value is -2.91. The predicted molar refractivity (Wildman–Crippen MR) is 122 cm³/mol. The number of sulfonamides is 1. The molecule has 1 aliphatic heterocycles. The van der Waals surface area contributed by atoms with Gasteiger partial charge in [-0.15, -0.1) is 0 Å². The summed E-state index contributed by atoms with van der Waals surface area (Å²) >= 11 is 0. The summed E-state index contributed by atoms with van der Waals surface area (Å²) in [6.45, 7) is 4.46. The van der Waals surface area contributed by atoms with E-state index in [2.05, 4.69) is 22.1 Å². The lowest BCUT2D eigenvalue weighted by atomic mass is 9.97. The minimum Gasteiger partial charge on any atom is -0.382 e. The Balaban J connectivity index is 1.54. The van der Waals surface area contributed by atoms with Crippen molar-refractivity contribution in [1.29, 1.82) is 0 Å². The van der Waals surface area contributed by atoms with E-state index in [1.54, 1.807) is 24.3 Å². The van der Waals surface area contributed by atoms with E-state index in [4.69, 9.17) is 10.7 Å². The second kappa shape index (κ2) is 7.35. The number of para-hydroxylation sites is 1. The summed E-state index contributed by atoms with van der Waals surface area (Å²) in [6, 6.07) is 10.2. The number of nitrogens with zero attached hydrogens (tertiary/aromatic N) is 4. The standard InChI is InChI=1S/C22H26N6O2S/c1-14(2)31(29,30)27-10-7-15(8-11-27)22-26-19(20-21(23)24-9-12-28(20)22)18-13-16-5-3-4-6-17(16)25-18/h3-6,9,12-15,25H,7-8,10-11H2,1-2H3,(H2,23,24). The van der Waals surface area contributed by atoms with Gasteiger partial charge in [-0.1, -0.05) is 18.2 Å². The number of hydrogen-bond acceptors (Lipinski definition) is 5. The quantitative estimate of drug-likeness (QED) is 0.508.